The third-order valence-electron chi connectivity index (χ3n) is 3.66. The molecular weight excluding hydrogens is 272 g/mol. The molecule has 0 saturated heterocycles. The van der Waals surface area contributed by atoms with Crippen molar-refractivity contribution in [3.8, 4) is 5.75 Å². The van der Waals surface area contributed by atoms with Crippen LogP contribution >= 0.6 is 0 Å². The summed E-state index contributed by atoms with van der Waals surface area (Å²) < 4.78 is 16.4. The lowest BCUT2D eigenvalue weighted by atomic mass is 9.96. The Bertz CT molecular complexity index is 458. The zero-order chi connectivity index (χ0) is 15.3. The van der Waals surface area contributed by atoms with Gasteiger partial charge in [-0.25, -0.2) is 0 Å². The number of carboxylic acids is 1. The van der Waals surface area contributed by atoms with Gasteiger partial charge in [-0.05, 0) is 44.4 Å². The van der Waals surface area contributed by atoms with E-state index in [2.05, 4.69) is 0 Å². The normalized spacial score (nSPS) is 16.0. The van der Waals surface area contributed by atoms with E-state index in [9.17, 15) is 9.90 Å². The molecule has 2 rings (SSSR count). The van der Waals surface area contributed by atoms with Crippen LogP contribution in [0.2, 0.25) is 0 Å². The molecule has 0 bridgehead atoms. The lowest BCUT2D eigenvalue weighted by Crippen LogP contribution is -2.25. The molecule has 0 radical (unpaired) electrons. The van der Waals surface area contributed by atoms with Gasteiger partial charge in [-0.3, -0.25) is 4.79 Å². The molecule has 5 heteroatoms. The summed E-state index contributed by atoms with van der Waals surface area (Å²) in [6, 6.07) is 7.25. The smallest absolute Gasteiger partial charge is 0.314 e. The Morgan fingerprint density at radius 3 is 2.19 bits per heavy atom. The second-order valence-corrected chi connectivity index (χ2v) is 5.06. The summed E-state index contributed by atoms with van der Waals surface area (Å²) in [5.41, 5.74) is 0.172. The number of rotatable bonds is 9. The molecule has 1 saturated carbocycles. The first-order valence-electron chi connectivity index (χ1n) is 7.32. The lowest BCUT2D eigenvalue weighted by Gasteiger charge is -2.18. The average molecular weight is 294 g/mol. The first-order chi connectivity index (χ1) is 10.1. The van der Waals surface area contributed by atoms with E-state index >= 15 is 0 Å². The predicted molar refractivity (Wildman–Crippen MR) is 77.5 cm³/mol. The number of hydrogen-bond acceptors (Lipinski definition) is 4. The molecule has 1 aromatic rings. The van der Waals surface area contributed by atoms with Crippen LogP contribution in [0.4, 0.5) is 0 Å². The Morgan fingerprint density at radius 1 is 1.19 bits per heavy atom. The molecule has 1 fully saturated rings. The van der Waals surface area contributed by atoms with Crippen LogP contribution in [0.3, 0.4) is 0 Å². The van der Waals surface area contributed by atoms with Crippen LogP contribution in [0.1, 0.15) is 32.3 Å². The van der Waals surface area contributed by atoms with E-state index in [4.69, 9.17) is 14.2 Å². The zero-order valence-electron chi connectivity index (χ0n) is 12.5. The van der Waals surface area contributed by atoms with Gasteiger partial charge in [0, 0.05) is 13.2 Å². The van der Waals surface area contributed by atoms with E-state index < -0.39 is 11.4 Å². The molecule has 5 nitrogen and oxygen atoms in total. The average Bonchev–Trinajstić information content (AvgIpc) is 3.27. The van der Waals surface area contributed by atoms with Gasteiger partial charge in [-0.15, -0.1) is 0 Å². The number of carbonyl (C=O) groups is 1. The number of aliphatic carboxylic acids is 1. The van der Waals surface area contributed by atoms with Gasteiger partial charge in [-0.1, -0.05) is 12.1 Å². The molecule has 116 valence electrons. The van der Waals surface area contributed by atoms with Crippen LogP contribution in [0.15, 0.2) is 24.3 Å². The van der Waals surface area contributed by atoms with E-state index in [0.717, 1.165) is 5.56 Å². The molecule has 1 aliphatic carbocycles. The monoisotopic (exact) mass is 294 g/mol. The maximum atomic E-state index is 11.3. The Balaban J connectivity index is 1.92. The van der Waals surface area contributed by atoms with Crippen molar-refractivity contribution in [3.63, 3.8) is 0 Å². The van der Waals surface area contributed by atoms with Gasteiger partial charge in [0.05, 0.1) is 5.41 Å². The molecular formula is C16H22O5. The summed E-state index contributed by atoms with van der Waals surface area (Å²) in [5, 5.41) is 9.26. The molecule has 1 aliphatic rings. The highest BCUT2D eigenvalue weighted by molar-refractivity contribution is 5.84. The van der Waals surface area contributed by atoms with Crippen molar-refractivity contribution in [2.75, 3.05) is 19.8 Å². The maximum absolute atomic E-state index is 11.3. The molecule has 0 heterocycles. The summed E-state index contributed by atoms with van der Waals surface area (Å²) in [6.45, 7) is 5.25. The van der Waals surface area contributed by atoms with Crippen molar-refractivity contribution in [2.45, 2.75) is 38.4 Å². The highest BCUT2D eigenvalue weighted by atomic mass is 16.7. The van der Waals surface area contributed by atoms with Crippen molar-refractivity contribution in [3.05, 3.63) is 29.8 Å². The Labute approximate surface area is 124 Å². The molecule has 0 aliphatic heterocycles. The summed E-state index contributed by atoms with van der Waals surface area (Å²) in [5.74, 6) is -0.0618. The second-order valence-electron chi connectivity index (χ2n) is 5.06. The van der Waals surface area contributed by atoms with Crippen LogP contribution in [0.5, 0.6) is 5.75 Å². The Hall–Kier alpha value is -1.59. The first kappa shape index (κ1) is 15.8. The number of ether oxygens (including phenoxy) is 3. The van der Waals surface area contributed by atoms with Crippen molar-refractivity contribution in [1.29, 1.82) is 0 Å². The van der Waals surface area contributed by atoms with Crippen molar-refractivity contribution in [2.24, 2.45) is 0 Å². The molecule has 0 atom stereocenters. The predicted octanol–water partition coefficient (Wildman–Crippen LogP) is 2.58. The van der Waals surface area contributed by atoms with Gasteiger partial charge >= 0.3 is 5.97 Å². The van der Waals surface area contributed by atoms with Crippen LogP contribution in [0.25, 0.3) is 0 Å². The van der Waals surface area contributed by atoms with Gasteiger partial charge < -0.3 is 19.3 Å². The minimum absolute atomic E-state index is 0.311. The molecule has 0 unspecified atom stereocenters. The number of carboxylic acid groups (broad SMARTS) is 1. The quantitative estimate of drug-likeness (QED) is 0.709. The highest BCUT2D eigenvalue weighted by Crippen LogP contribution is 2.48. The van der Waals surface area contributed by atoms with Crippen molar-refractivity contribution < 1.29 is 24.1 Å². The van der Waals surface area contributed by atoms with Crippen LogP contribution < -0.4 is 4.74 Å². The fourth-order valence-corrected chi connectivity index (χ4v) is 2.30. The highest BCUT2D eigenvalue weighted by Gasteiger charge is 2.51. The topological polar surface area (TPSA) is 65.0 Å². The van der Waals surface area contributed by atoms with E-state index in [-0.39, 0.29) is 6.29 Å². The van der Waals surface area contributed by atoms with E-state index in [1.165, 1.54) is 0 Å². The van der Waals surface area contributed by atoms with Crippen molar-refractivity contribution >= 4 is 5.97 Å². The van der Waals surface area contributed by atoms with Crippen LogP contribution in [-0.2, 0) is 19.7 Å². The fraction of sp³-hybridized carbons (Fsp3) is 0.562. The van der Waals surface area contributed by atoms with E-state index in [0.29, 0.717) is 38.4 Å². The molecule has 21 heavy (non-hydrogen) atoms. The maximum Gasteiger partial charge on any atom is 0.314 e. The molecule has 1 aromatic carbocycles. The fourth-order valence-electron chi connectivity index (χ4n) is 2.30. The van der Waals surface area contributed by atoms with Gasteiger partial charge in [0.2, 0.25) is 0 Å². The summed E-state index contributed by atoms with van der Waals surface area (Å²) in [6.07, 6.45) is 1.03. The molecule has 0 spiro atoms. The SMILES string of the molecule is CCOC(COc1ccc(C2(C(=O)O)CC2)cc1)OCC. The molecule has 0 amide bonds. The van der Waals surface area contributed by atoms with Gasteiger partial charge in [0.25, 0.3) is 0 Å². The standard InChI is InChI=1S/C16H22O5/c1-3-19-14(20-4-2)11-21-13-7-5-12(6-8-13)16(9-10-16)15(17)18/h5-8,14H,3-4,9-11H2,1-2H3,(H,17,18). The lowest BCUT2D eigenvalue weighted by molar-refractivity contribution is -0.152. The summed E-state index contributed by atoms with van der Waals surface area (Å²) in [7, 11) is 0. The van der Waals surface area contributed by atoms with E-state index in [1.807, 2.05) is 26.0 Å². The largest absolute Gasteiger partial charge is 0.488 e. The molecule has 0 aromatic heterocycles. The number of benzene rings is 1. The summed E-state index contributed by atoms with van der Waals surface area (Å²) >= 11 is 0. The second kappa shape index (κ2) is 6.91. The zero-order valence-corrected chi connectivity index (χ0v) is 12.5. The first-order valence-corrected chi connectivity index (χ1v) is 7.32. The minimum atomic E-state index is -0.746. The minimum Gasteiger partial charge on any atom is -0.488 e. The van der Waals surface area contributed by atoms with Gasteiger partial charge in [0.1, 0.15) is 12.4 Å². The third kappa shape index (κ3) is 3.74. The Kier molecular flexibility index (Phi) is 5.20. The van der Waals surface area contributed by atoms with Gasteiger partial charge in [0.15, 0.2) is 6.29 Å². The van der Waals surface area contributed by atoms with Crippen molar-refractivity contribution in [1.82, 2.24) is 0 Å². The van der Waals surface area contributed by atoms with Crippen LogP contribution in [-0.4, -0.2) is 37.2 Å². The van der Waals surface area contributed by atoms with Crippen LogP contribution in [0, 0.1) is 0 Å². The Morgan fingerprint density at radius 2 is 1.76 bits per heavy atom. The number of hydrogen-bond donors (Lipinski definition) is 1. The molecule has 1 N–H and O–H groups in total. The van der Waals surface area contributed by atoms with E-state index in [1.54, 1.807) is 12.1 Å². The summed E-state index contributed by atoms with van der Waals surface area (Å²) in [4.78, 5) is 11.3. The van der Waals surface area contributed by atoms with Gasteiger partial charge in [-0.2, -0.15) is 0 Å². The third-order valence-corrected chi connectivity index (χ3v) is 3.66.